The Bertz CT molecular complexity index is 333. The van der Waals surface area contributed by atoms with Crippen LogP contribution >= 0.6 is 27.3 Å². The van der Waals surface area contributed by atoms with Crippen molar-refractivity contribution in [3.05, 3.63) is 20.8 Å². The molecule has 2 rings (SSSR count). The maximum Gasteiger partial charge on any atom is 0.261 e. The Morgan fingerprint density at radius 3 is 3.07 bits per heavy atom. The van der Waals surface area contributed by atoms with Crippen LogP contribution in [0.25, 0.3) is 0 Å². The van der Waals surface area contributed by atoms with Crippen molar-refractivity contribution in [3.8, 4) is 0 Å². The van der Waals surface area contributed by atoms with Gasteiger partial charge in [0, 0.05) is 12.6 Å². The highest BCUT2D eigenvalue weighted by atomic mass is 79.9. The van der Waals surface area contributed by atoms with Crippen molar-refractivity contribution in [1.82, 2.24) is 10.6 Å². The number of halogens is 1. The van der Waals surface area contributed by atoms with E-state index < -0.39 is 0 Å². The van der Waals surface area contributed by atoms with Gasteiger partial charge in [-0.2, -0.15) is 0 Å². The van der Waals surface area contributed by atoms with Crippen LogP contribution < -0.4 is 10.6 Å². The second-order valence-electron chi connectivity index (χ2n) is 3.27. The van der Waals surface area contributed by atoms with E-state index in [1.54, 1.807) is 0 Å². The van der Waals surface area contributed by atoms with Gasteiger partial charge in [0.05, 0.1) is 8.66 Å². The first-order valence-corrected chi connectivity index (χ1v) is 6.13. The smallest absolute Gasteiger partial charge is 0.261 e. The summed E-state index contributed by atoms with van der Waals surface area (Å²) in [7, 11) is 0. The molecule has 3 nitrogen and oxygen atoms in total. The van der Waals surface area contributed by atoms with Gasteiger partial charge in [0.2, 0.25) is 0 Å². The van der Waals surface area contributed by atoms with Gasteiger partial charge in [-0.3, -0.25) is 4.79 Å². The summed E-state index contributed by atoms with van der Waals surface area (Å²) >= 11 is 4.80. The summed E-state index contributed by atoms with van der Waals surface area (Å²) in [4.78, 5) is 12.4. The van der Waals surface area contributed by atoms with Gasteiger partial charge in [0.25, 0.3) is 5.91 Å². The van der Waals surface area contributed by atoms with Gasteiger partial charge in [-0.15, -0.1) is 11.3 Å². The Hall–Kier alpha value is -0.390. The molecule has 14 heavy (non-hydrogen) atoms. The highest BCUT2D eigenvalue weighted by Gasteiger charge is 2.18. The first-order valence-electron chi connectivity index (χ1n) is 4.52. The second-order valence-corrected chi connectivity index (χ2v) is 5.73. The van der Waals surface area contributed by atoms with Gasteiger partial charge in [-0.25, -0.2) is 0 Å². The Morgan fingerprint density at radius 1 is 1.64 bits per heavy atom. The molecule has 2 heterocycles. The molecule has 5 heteroatoms. The summed E-state index contributed by atoms with van der Waals surface area (Å²) in [6, 6.07) is 4.03. The second kappa shape index (κ2) is 4.42. The zero-order valence-corrected chi connectivity index (χ0v) is 9.95. The minimum absolute atomic E-state index is 0.0365. The Balaban J connectivity index is 1.95. The van der Waals surface area contributed by atoms with Crippen molar-refractivity contribution in [3.63, 3.8) is 0 Å². The SMILES string of the molecule is O=C(NC1CCNC1)c1ccc(Br)s1. The molecule has 1 aromatic heterocycles. The lowest BCUT2D eigenvalue weighted by Gasteiger charge is -2.09. The monoisotopic (exact) mass is 274 g/mol. The summed E-state index contributed by atoms with van der Waals surface area (Å²) < 4.78 is 0.993. The minimum Gasteiger partial charge on any atom is -0.347 e. The number of rotatable bonds is 2. The largest absolute Gasteiger partial charge is 0.347 e. The molecule has 0 aromatic carbocycles. The first-order chi connectivity index (χ1) is 6.75. The summed E-state index contributed by atoms with van der Waals surface area (Å²) in [6.07, 6.45) is 1.03. The molecule has 2 N–H and O–H groups in total. The third-order valence-electron chi connectivity index (χ3n) is 2.19. The fourth-order valence-electron chi connectivity index (χ4n) is 1.47. The molecule has 0 saturated carbocycles. The summed E-state index contributed by atoms with van der Waals surface area (Å²) in [5.74, 6) is 0.0365. The van der Waals surface area contributed by atoms with E-state index in [0.717, 1.165) is 28.2 Å². The topological polar surface area (TPSA) is 41.1 Å². The summed E-state index contributed by atoms with van der Waals surface area (Å²) in [5.41, 5.74) is 0. The molecular weight excluding hydrogens is 264 g/mol. The molecule has 0 bridgehead atoms. The predicted molar refractivity (Wildman–Crippen MR) is 60.8 cm³/mol. The van der Waals surface area contributed by atoms with E-state index in [1.807, 2.05) is 12.1 Å². The third-order valence-corrected chi connectivity index (χ3v) is 3.81. The number of thiophene rings is 1. The zero-order valence-electron chi connectivity index (χ0n) is 7.55. The highest BCUT2D eigenvalue weighted by Crippen LogP contribution is 2.22. The van der Waals surface area contributed by atoms with Crippen LogP contribution in [0.5, 0.6) is 0 Å². The van der Waals surface area contributed by atoms with Crippen molar-refractivity contribution < 1.29 is 4.79 Å². The molecule has 1 fully saturated rings. The fourth-order valence-corrected chi connectivity index (χ4v) is 2.76. The standard InChI is InChI=1S/C9H11BrN2OS/c10-8-2-1-7(14-8)9(13)12-6-3-4-11-5-6/h1-2,6,11H,3-5H2,(H,12,13). The molecule has 1 saturated heterocycles. The van der Waals surface area contributed by atoms with Gasteiger partial charge < -0.3 is 10.6 Å². The van der Waals surface area contributed by atoms with Crippen LogP contribution in [0.15, 0.2) is 15.9 Å². The van der Waals surface area contributed by atoms with Gasteiger partial charge in [-0.05, 0) is 41.0 Å². The van der Waals surface area contributed by atoms with E-state index in [4.69, 9.17) is 0 Å². The number of amides is 1. The van der Waals surface area contributed by atoms with Gasteiger partial charge >= 0.3 is 0 Å². The van der Waals surface area contributed by atoms with E-state index in [0.29, 0.717) is 6.04 Å². The Kier molecular flexibility index (Phi) is 3.20. The number of hydrogen-bond donors (Lipinski definition) is 2. The molecule has 1 unspecified atom stereocenters. The van der Waals surface area contributed by atoms with Crippen LogP contribution in [-0.2, 0) is 0 Å². The normalized spacial score (nSPS) is 21.1. The molecule has 1 amide bonds. The van der Waals surface area contributed by atoms with Gasteiger partial charge in [0.1, 0.15) is 0 Å². The fraction of sp³-hybridized carbons (Fsp3) is 0.444. The molecule has 76 valence electrons. The molecule has 1 aliphatic heterocycles. The predicted octanol–water partition coefficient (Wildman–Crippen LogP) is 1.60. The lowest BCUT2D eigenvalue weighted by molar-refractivity contribution is 0.0944. The van der Waals surface area contributed by atoms with Crippen LogP contribution in [0.1, 0.15) is 16.1 Å². The van der Waals surface area contributed by atoms with Crippen LogP contribution in [0.2, 0.25) is 0 Å². The zero-order chi connectivity index (χ0) is 9.97. The molecule has 1 aliphatic rings. The van der Waals surface area contributed by atoms with Crippen molar-refractivity contribution in [1.29, 1.82) is 0 Å². The maximum atomic E-state index is 11.7. The third kappa shape index (κ3) is 2.34. The number of hydrogen-bond acceptors (Lipinski definition) is 3. The molecular formula is C9H11BrN2OS. The lowest BCUT2D eigenvalue weighted by Crippen LogP contribution is -2.35. The van der Waals surface area contributed by atoms with Crippen LogP contribution in [-0.4, -0.2) is 25.0 Å². The number of nitrogens with one attached hydrogen (secondary N) is 2. The average molecular weight is 275 g/mol. The minimum atomic E-state index is 0.0365. The maximum absolute atomic E-state index is 11.7. The summed E-state index contributed by atoms with van der Waals surface area (Å²) in [6.45, 7) is 1.89. The molecule has 0 spiro atoms. The van der Waals surface area contributed by atoms with Gasteiger partial charge in [-0.1, -0.05) is 0 Å². The quantitative estimate of drug-likeness (QED) is 0.860. The van der Waals surface area contributed by atoms with E-state index in [-0.39, 0.29) is 5.91 Å². The molecule has 1 aromatic rings. The van der Waals surface area contributed by atoms with Gasteiger partial charge in [0.15, 0.2) is 0 Å². The molecule has 0 radical (unpaired) electrons. The molecule has 0 aliphatic carbocycles. The van der Waals surface area contributed by atoms with Crippen molar-refractivity contribution in [2.45, 2.75) is 12.5 Å². The lowest BCUT2D eigenvalue weighted by atomic mass is 10.2. The van der Waals surface area contributed by atoms with Crippen LogP contribution in [0.4, 0.5) is 0 Å². The average Bonchev–Trinajstić information content (AvgIpc) is 2.75. The molecule has 1 atom stereocenters. The highest BCUT2D eigenvalue weighted by molar-refractivity contribution is 9.11. The van der Waals surface area contributed by atoms with Crippen molar-refractivity contribution in [2.75, 3.05) is 13.1 Å². The Labute approximate surface area is 95.0 Å². The van der Waals surface area contributed by atoms with E-state index in [9.17, 15) is 4.79 Å². The number of carbonyl (C=O) groups excluding carboxylic acids is 1. The van der Waals surface area contributed by atoms with Crippen LogP contribution in [0.3, 0.4) is 0 Å². The van der Waals surface area contributed by atoms with E-state index in [1.165, 1.54) is 11.3 Å². The number of carbonyl (C=O) groups is 1. The van der Waals surface area contributed by atoms with Crippen LogP contribution in [0, 0.1) is 0 Å². The Morgan fingerprint density at radius 2 is 2.50 bits per heavy atom. The summed E-state index contributed by atoms with van der Waals surface area (Å²) in [5, 5.41) is 6.21. The first kappa shape index (κ1) is 10.1. The van der Waals surface area contributed by atoms with Crippen molar-refractivity contribution >= 4 is 33.2 Å². The van der Waals surface area contributed by atoms with E-state index >= 15 is 0 Å². The van der Waals surface area contributed by atoms with Crippen molar-refractivity contribution in [2.24, 2.45) is 0 Å². The van der Waals surface area contributed by atoms with E-state index in [2.05, 4.69) is 26.6 Å².